The first kappa shape index (κ1) is 15.3. The van der Waals surface area contributed by atoms with Crippen LogP contribution in [0.3, 0.4) is 0 Å². The van der Waals surface area contributed by atoms with Gasteiger partial charge in [0, 0.05) is 23.2 Å². The molecule has 0 amide bonds. The number of benzene rings is 2. The highest BCUT2D eigenvalue weighted by Gasteiger charge is 2.11. The van der Waals surface area contributed by atoms with Crippen molar-refractivity contribution in [1.82, 2.24) is 10.2 Å². The second kappa shape index (κ2) is 7.11. The minimum absolute atomic E-state index is 0.0310. The van der Waals surface area contributed by atoms with Crippen molar-refractivity contribution in [2.75, 3.05) is 6.61 Å². The number of hydrogen-bond acceptors (Lipinski definition) is 3. The van der Waals surface area contributed by atoms with E-state index in [-0.39, 0.29) is 6.61 Å². The highest BCUT2D eigenvalue weighted by atomic mass is 16.5. The van der Waals surface area contributed by atoms with Gasteiger partial charge >= 0.3 is 0 Å². The third-order valence-corrected chi connectivity index (χ3v) is 3.84. The molecule has 1 aromatic heterocycles. The molecule has 2 N–H and O–H groups in total. The summed E-state index contributed by atoms with van der Waals surface area (Å²) in [4.78, 5) is 0. The van der Waals surface area contributed by atoms with Gasteiger partial charge in [0.2, 0.25) is 0 Å². The molecule has 3 aromatic rings. The quantitative estimate of drug-likeness (QED) is 0.733. The summed E-state index contributed by atoms with van der Waals surface area (Å²) in [6.45, 7) is 2.50. The number of aromatic nitrogens is 2. The van der Waals surface area contributed by atoms with Crippen molar-refractivity contribution in [1.29, 1.82) is 0 Å². The maximum absolute atomic E-state index is 9.50. The average molecular weight is 308 g/mol. The summed E-state index contributed by atoms with van der Waals surface area (Å²) in [5.74, 6) is 0.808. The lowest BCUT2D eigenvalue weighted by molar-refractivity contribution is 0.281. The molecule has 4 heteroatoms. The van der Waals surface area contributed by atoms with Gasteiger partial charge in [0.1, 0.15) is 5.75 Å². The second-order valence-electron chi connectivity index (χ2n) is 5.45. The first-order chi connectivity index (χ1) is 11.3. The fourth-order valence-corrected chi connectivity index (χ4v) is 2.55. The number of aliphatic hydroxyl groups excluding tert-OH is 1. The van der Waals surface area contributed by atoms with Crippen LogP contribution >= 0.6 is 0 Å². The molecule has 0 saturated heterocycles. The fraction of sp³-hybridized carbons (Fsp3) is 0.211. The minimum Gasteiger partial charge on any atom is -0.493 e. The summed E-state index contributed by atoms with van der Waals surface area (Å²) in [5.41, 5.74) is 4.69. The average Bonchev–Trinajstić information content (AvgIpc) is 2.97. The van der Waals surface area contributed by atoms with Crippen LogP contribution in [0.4, 0.5) is 0 Å². The van der Waals surface area contributed by atoms with E-state index in [1.54, 1.807) is 0 Å². The molecule has 0 unspecified atom stereocenters. The lowest BCUT2D eigenvalue weighted by atomic mass is 10.1. The number of rotatable bonds is 6. The van der Waals surface area contributed by atoms with Crippen LogP contribution in [0.5, 0.6) is 5.75 Å². The molecule has 0 fully saturated rings. The zero-order valence-corrected chi connectivity index (χ0v) is 13.1. The molecule has 0 saturated carbocycles. The van der Waals surface area contributed by atoms with Gasteiger partial charge in [0.05, 0.1) is 18.9 Å². The molecule has 0 spiro atoms. The van der Waals surface area contributed by atoms with Gasteiger partial charge in [-0.15, -0.1) is 0 Å². The molecular formula is C19H20N2O2. The summed E-state index contributed by atoms with van der Waals surface area (Å²) in [5, 5.41) is 16.7. The molecule has 0 aliphatic heterocycles. The van der Waals surface area contributed by atoms with Gasteiger partial charge in [0.25, 0.3) is 0 Å². The van der Waals surface area contributed by atoms with E-state index < -0.39 is 0 Å². The van der Waals surface area contributed by atoms with Crippen molar-refractivity contribution in [3.8, 4) is 17.0 Å². The number of hydrogen-bond donors (Lipinski definition) is 2. The molecular weight excluding hydrogens is 288 g/mol. The number of aromatic amines is 1. The summed E-state index contributed by atoms with van der Waals surface area (Å²) in [6.07, 6.45) is 0.870. The van der Waals surface area contributed by atoms with Crippen LogP contribution in [0.15, 0.2) is 54.6 Å². The Morgan fingerprint density at radius 2 is 1.91 bits per heavy atom. The Kier molecular flexibility index (Phi) is 4.74. The van der Waals surface area contributed by atoms with Crippen LogP contribution in [0.1, 0.15) is 16.8 Å². The number of aryl methyl sites for hydroxylation is 1. The van der Waals surface area contributed by atoms with E-state index in [0.29, 0.717) is 6.61 Å². The molecule has 0 aliphatic rings. The molecule has 0 radical (unpaired) electrons. The van der Waals surface area contributed by atoms with Gasteiger partial charge in [-0.05, 0) is 24.6 Å². The first-order valence-electron chi connectivity index (χ1n) is 7.70. The van der Waals surface area contributed by atoms with Crippen LogP contribution in [0, 0.1) is 6.92 Å². The molecule has 0 aliphatic carbocycles. The van der Waals surface area contributed by atoms with E-state index in [4.69, 9.17) is 4.74 Å². The maximum atomic E-state index is 9.50. The van der Waals surface area contributed by atoms with E-state index in [9.17, 15) is 5.11 Å². The van der Waals surface area contributed by atoms with Crippen molar-refractivity contribution in [3.63, 3.8) is 0 Å². The van der Waals surface area contributed by atoms with Crippen molar-refractivity contribution in [3.05, 3.63) is 71.4 Å². The van der Waals surface area contributed by atoms with E-state index in [1.807, 2.05) is 49.4 Å². The predicted octanol–water partition coefficient (Wildman–Crippen LogP) is 3.50. The zero-order valence-electron chi connectivity index (χ0n) is 13.1. The highest BCUT2D eigenvalue weighted by molar-refractivity contribution is 5.65. The van der Waals surface area contributed by atoms with E-state index in [1.165, 1.54) is 5.56 Å². The number of ether oxygens (including phenoxy) is 1. The standard InChI is InChI=1S/C19H20N2O2/c1-14-18(13-22)19(21-20-14)16-8-5-9-17(12-16)23-11-10-15-6-3-2-4-7-15/h2-9,12,22H,10-11,13H2,1H3,(H,20,21). The molecule has 118 valence electrons. The summed E-state index contributed by atoms with van der Waals surface area (Å²) in [6, 6.07) is 18.1. The Labute approximate surface area is 135 Å². The topological polar surface area (TPSA) is 58.1 Å². The number of H-pyrrole nitrogens is 1. The lowest BCUT2D eigenvalue weighted by Crippen LogP contribution is -2.01. The summed E-state index contributed by atoms with van der Waals surface area (Å²) in [7, 11) is 0. The van der Waals surface area contributed by atoms with Crippen molar-refractivity contribution < 1.29 is 9.84 Å². The Balaban J connectivity index is 1.70. The third kappa shape index (κ3) is 3.60. The van der Waals surface area contributed by atoms with Crippen LogP contribution in [0.2, 0.25) is 0 Å². The molecule has 0 atom stereocenters. The fourth-order valence-electron chi connectivity index (χ4n) is 2.55. The largest absolute Gasteiger partial charge is 0.493 e. The van der Waals surface area contributed by atoms with Crippen LogP contribution in [0.25, 0.3) is 11.3 Å². The molecule has 4 nitrogen and oxygen atoms in total. The second-order valence-corrected chi connectivity index (χ2v) is 5.45. The summed E-state index contributed by atoms with van der Waals surface area (Å²) < 4.78 is 5.85. The SMILES string of the molecule is Cc1[nH]nc(-c2cccc(OCCc3ccccc3)c2)c1CO. The zero-order chi connectivity index (χ0) is 16.1. The number of nitrogens with one attached hydrogen (secondary N) is 1. The Hall–Kier alpha value is -2.59. The van der Waals surface area contributed by atoms with Crippen molar-refractivity contribution >= 4 is 0 Å². The van der Waals surface area contributed by atoms with E-state index in [2.05, 4.69) is 22.3 Å². The van der Waals surface area contributed by atoms with E-state index in [0.717, 1.165) is 34.7 Å². The van der Waals surface area contributed by atoms with Gasteiger partial charge in [-0.3, -0.25) is 5.10 Å². The molecule has 2 aromatic carbocycles. The Morgan fingerprint density at radius 1 is 1.09 bits per heavy atom. The van der Waals surface area contributed by atoms with Gasteiger partial charge in [-0.2, -0.15) is 5.10 Å². The normalized spacial score (nSPS) is 10.7. The van der Waals surface area contributed by atoms with Gasteiger partial charge in [-0.25, -0.2) is 0 Å². The van der Waals surface area contributed by atoms with Crippen LogP contribution in [-0.2, 0) is 13.0 Å². The Morgan fingerprint density at radius 3 is 2.70 bits per heavy atom. The smallest absolute Gasteiger partial charge is 0.119 e. The molecule has 1 heterocycles. The van der Waals surface area contributed by atoms with E-state index >= 15 is 0 Å². The molecule has 3 rings (SSSR count). The predicted molar refractivity (Wildman–Crippen MR) is 90.3 cm³/mol. The number of aliphatic hydroxyl groups is 1. The van der Waals surface area contributed by atoms with Crippen LogP contribution in [-0.4, -0.2) is 21.9 Å². The molecule has 0 bridgehead atoms. The maximum Gasteiger partial charge on any atom is 0.119 e. The van der Waals surface area contributed by atoms with Crippen molar-refractivity contribution in [2.24, 2.45) is 0 Å². The van der Waals surface area contributed by atoms with Gasteiger partial charge in [-0.1, -0.05) is 42.5 Å². The lowest BCUT2D eigenvalue weighted by Gasteiger charge is -2.08. The van der Waals surface area contributed by atoms with Crippen molar-refractivity contribution in [2.45, 2.75) is 20.0 Å². The van der Waals surface area contributed by atoms with Crippen LogP contribution < -0.4 is 4.74 Å². The van der Waals surface area contributed by atoms with Gasteiger partial charge in [0.15, 0.2) is 0 Å². The highest BCUT2D eigenvalue weighted by Crippen LogP contribution is 2.26. The molecule has 23 heavy (non-hydrogen) atoms. The Bertz CT molecular complexity index is 766. The first-order valence-corrected chi connectivity index (χ1v) is 7.70. The third-order valence-electron chi connectivity index (χ3n) is 3.84. The van der Waals surface area contributed by atoms with Gasteiger partial charge < -0.3 is 9.84 Å². The number of nitrogens with zero attached hydrogens (tertiary/aromatic N) is 1. The summed E-state index contributed by atoms with van der Waals surface area (Å²) >= 11 is 0. The minimum atomic E-state index is -0.0310. The monoisotopic (exact) mass is 308 g/mol.